The van der Waals surface area contributed by atoms with Crippen LogP contribution in [-0.2, 0) is 4.79 Å². The number of hydrogen-bond acceptors (Lipinski definition) is 3. The molecule has 0 unspecified atom stereocenters. The minimum Gasteiger partial charge on any atom is -0.409 e. The first kappa shape index (κ1) is 13.7. The van der Waals surface area contributed by atoms with Gasteiger partial charge in [0.1, 0.15) is 0 Å². The van der Waals surface area contributed by atoms with E-state index in [1.165, 1.54) is 0 Å². The van der Waals surface area contributed by atoms with Gasteiger partial charge >= 0.3 is 0 Å². The van der Waals surface area contributed by atoms with Crippen molar-refractivity contribution in [2.75, 3.05) is 6.54 Å². The van der Waals surface area contributed by atoms with Gasteiger partial charge in [0.25, 0.3) is 0 Å². The number of amidine groups is 1. The van der Waals surface area contributed by atoms with Crippen molar-refractivity contribution in [1.82, 2.24) is 4.90 Å². The molecule has 0 saturated carbocycles. The van der Waals surface area contributed by atoms with E-state index in [-0.39, 0.29) is 24.3 Å². The Kier molecular flexibility index (Phi) is 5.74. The highest BCUT2D eigenvalue weighted by Gasteiger charge is 2.18. The van der Waals surface area contributed by atoms with Gasteiger partial charge in [0.2, 0.25) is 5.91 Å². The van der Waals surface area contributed by atoms with Gasteiger partial charge in [-0.3, -0.25) is 4.79 Å². The molecule has 88 valence electrons. The third-order valence-electron chi connectivity index (χ3n) is 1.99. The average molecular weight is 215 g/mol. The maximum absolute atomic E-state index is 11.8. The van der Waals surface area contributed by atoms with E-state index in [1.54, 1.807) is 4.90 Å². The average Bonchev–Trinajstić information content (AvgIpc) is 2.11. The highest BCUT2D eigenvalue weighted by Crippen LogP contribution is 2.07. The first-order chi connectivity index (χ1) is 6.88. The molecule has 0 rings (SSSR count). The van der Waals surface area contributed by atoms with Crippen LogP contribution in [0.2, 0.25) is 0 Å². The molecule has 1 amide bonds. The Bertz CT molecular complexity index is 237. The molecule has 0 aromatic carbocycles. The number of carbonyl (C=O) groups excluding carboxylic acids is 1. The van der Waals surface area contributed by atoms with Crippen molar-refractivity contribution >= 4 is 11.7 Å². The number of amides is 1. The molecule has 0 aliphatic heterocycles. The molecule has 0 aromatic rings. The topological polar surface area (TPSA) is 78.9 Å². The van der Waals surface area contributed by atoms with Crippen LogP contribution in [0.25, 0.3) is 0 Å². The fourth-order valence-electron chi connectivity index (χ4n) is 1.23. The van der Waals surface area contributed by atoms with E-state index in [1.807, 2.05) is 27.7 Å². The van der Waals surface area contributed by atoms with Crippen molar-refractivity contribution < 1.29 is 10.0 Å². The van der Waals surface area contributed by atoms with Gasteiger partial charge in [-0.1, -0.05) is 19.0 Å². The van der Waals surface area contributed by atoms with Gasteiger partial charge in [0.15, 0.2) is 5.84 Å². The summed E-state index contributed by atoms with van der Waals surface area (Å²) in [5.41, 5.74) is 5.39. The Morgan fingerprint density at radius 1 is 1.40 bits per heavy atom. The van der Waals surface area contributed by atoms with Gasteiger partial charge in [-0.2, -0.15) is 0 Å². The van der Waals surface area contributed by atoms with Gasteiger partial charge < -0.3 is 15.8 Å². The number of rotatable bonds is 5. The summed E-state index contributed by atoms with van der Waals surface area (Å²) in [5, 5.41) is 11.3. The van der Waals surface area contributed by atoms with Crippen LogP contribution in [0.1, 0.15) is 34.1 Å². The van der Waals surface area contributed by atoms with Crippen molar-refractivity contribution in [3.8, 4) is 0 Å². The highest BCUT2D eigenvalue weighted by atomic mass is 16.4. The van der Waals surface area contributed by atoms with Crippen molar-refractivity contribution in [3.63, 3.8) is 0 Å². The van der Waals surface area contributed by atoms with Gasteiger partial charge in [-0.25, -0.2) is 0 Å². The van der Waals surface area contributed by atoms with Crippen LogP contribution >= 0.6 is 0 Å². The quantitative estimate of drug-likeness (QED) is 0.311. The molecule has 0 saturated heterocycles. The fourth-order valence-corrected chi connectivity index (χ4v) is 1.23. The second-order valence-corrected chi connectivity index (χ2v) is 4.30. The second kappa shape index (κ2) is 6.27. The Morgan fingerprint density at radius 2 is 1.93 bits per heavy atom. The molecule has 3 N–H and O–H groups in total. The SMILES string of the molecule is CC(C)CC(=O)N(CC(N)=NO)C(C)C. The molecule has 0 bridgehead atoms. The first-order valence-electron chi connectivity index (χ1n) is 5.14. The molecule has 15 heavy (non-hydrogen) atoms. The smallest absolute Gasteiger partial charge is 0.223 e. The zero-order valence-corrected chi connectivity index (χ0v) is 9.90. The monoisotopic (exact) mass is 215 g/mol. The number of hydrogen-bond donors (Lipinski definition) is 2. The molecule has 0 heterocycles. The Balaban J connectivity index is 4.46. The molecule has 0 aliphatic rings. The molecule has 5 heteroatoms. The fraction of sp³-hybridized carbons (Fsp3) is 0.800. The standard InChI is InChI=1S/C10H21N3O2/c1-7(2)5-10(14)13(8(3)4)6-9(11)12-15/h7-8,15H,5-6H2,1-4H3,(H2,11,12). The number of oxime groups is 1. The van der Waals surface area contributed by atoms with Crippen LogP contribution in [0.5, 0.6) is 0 Å². The van der Waals surface area contributed by atoms with E-state index < -0.39 is 0 Å². The van der Waals surface area contributed by atoms with Crippen molar-refractivity contribution in [1.29, 1.82) is 0 Å². The summed E-state index contributed by atoms with van der Waals surface area (Å²) < 4.78 is 0. The van der Waals surface area contributed by atoms with Crippen LogP contribution in [0.15, 0.2) is 5.16 Å². The highest BCUT2D eigenvalue weighted by molar-refractivity contribution is 5.87. The molecule has 0 atom stereocenters. The molecule has 5 nitrogen and oxygen atoms in total. The minimum atomic E-state index is 0.0339. The van der Waals surface area contributed by atoms with Crippen LogP contribution in [-0.4, -0.2) is 34.4 Å². The lowest BCUT2D eigenvalue weighted by molar-refractivity contribution is -0.132. The second-order valence-electron chi connectivity index (χ2n) is 4.30. The molecule has 0 spiro atoms. The molecule has 0 radical (unpaired) electrons. The Hall–Kier alpha value is -1.26. The Morgan fingerprint density at radius 3 is 2.27 bits per heavy atom. The summed E-state index contributed by atoms with van der Waals surface area (Å²) in [6, 6.07) is 0.0524. The van der Waals surface area contributed by atoms with Gasteiger partial charge in [0.05, 0.1) is 6.54 Å². The minimum absolute atomic E-state index is 0.0339. The summed E-state index contributed by atoms with van der Waals surface area (Å²) in [7, 11) is 0. The maximum Gasteiger partial charge on any atom is 0.223 e. The summed E-state index contributed by atoms with van der Waals surface area (Å²) >= 11 is 0. The molecule has 0 aliphatic carbocycles. The van der Waals surface area contributed by atoms with E-state index in [0.29, 0.717) is 12.3 Å². The van der Waals surface area contributed by atoms with Gasteiger partial charge in [-0.15, -0.1) is 0 Å². The van der Waals surface area contributed by atoms with E-state index in [4.69, 9.17) is 10.9 Å². The lowest BCUT2D eigenvalue weighted by Crippen LogP contribution is -2.43. The van der Waals surface area contributed by atoms with Crippen LogP contribution in [0, 0.1) is 5.92 Å². The van der Waals surface area contributed by atoms with E-state index in [2.05, 4.69) is 5.16 Å². The largest absolute Gasteiger partial charge is 0.409 e. The zero-order valence-electron chi connectivity index (χ0n) is 9.90. The number of nitrogens with two attached hydrogens (primary N) is 1. The maximum atomic E-state index is 11.8. The summed E-state index contributed by atoms with van der Waals surface area (Å²) in [6.45, 7) is 7.96. The van der Waals surface area contributed by atoms with Crippen LogP contribution in [0.3, 0.4) is 0 Å². The van der Waals surface area contributed by atoms with Crippen LogP contribution < -0.4 is 5.73 Å². The predicted octanol–water partition coefficient (Wildman–Crippen LogP) is 1.02. The van der Waals surface area contributed by atoms with Gasteiger partial charge in [-0.05, 0) is 19.8 Å². The lowest BCUT2D eigenvalue weighted by Gasteiger charge is -2.26. The third kappa shape index (κ3) is 5.24. The normalized spacial score (nSPS) is 12.3. The first-order valence-corrected chi connectivity index (χ1v) is 5.14. The van der Waals surface area contributed by atoms with Gasteiger partial charge in [0, 0.05) is 12.5 Å². The van der Waals surface area contributed by atoms with Crippen LogP contribution in [0.4, 0.5) is 0 Å². The summed E-state index contributed by atoms with van der Waals surface area (Å²) in [6.07, 6.45) is 0.483. The van der Waals surface area contributed by atoms with E-state index in [9.17, 15) is 4.79 Å². The zero-order chi connectivity index (χ0) is 12.0. The lowest BCUT2D eigenvalue weighted by atomic mass is 10.1. The molecule has 0 fully saturated rings. The Labute approximate surface area is 90.9 Å². The third-order valence-corrected chi connectivity index (χ3v) is 1.99. The van der Waals surface area contributed by atoms with E-state index >= 15 is 0 Å². The van der Waals surface area contributed by atoms with Crippen molar-refractivity contribution in [3.05, 3.63) is 0 Å². The van der Waals surface area contributed by atoms with Crippen molar-refractivity contribution in [2.24, 2.45) is 16.8 Å². The predicted molar refractivity (Wildman–Crippen MR) is 59.7 cm³/mol. The van der Waals surface area contributed by atoms with E-state index in [0.717, 1.165) is 0 Å². The number of nitrogens with zero attached hydrogens (tertiary/aromatic N) is 2. The molecular formula is C10H21N3O2. The summed E-state index contributed by atoms with van der Waals surface area (Å²) in [4.78, 5) is 13.4. The van der Waals surface area contributed by atoms with Crippen molar-refractivity contribution in [2.45, 2.75) is 40.2 Å². The molecular weight excluding hydrogens is 194 g/mol. The molecule has 0 aromatic heterocycles. The summed E-state index contributed by atoms with van der Waals surface area (Å²) in [5.74, 6) is 0.401. The number of carbonyl (C=O) groups is 1.